The van der Waals surface area contributed by atoms with Crippen LogP contribution in [0.5, 0.6) is 0 Å². The summed E-state index contributed by atoms with van der Waals surface area (Å²) < 4.78 is 150. The lowest BCUT2D eigenvalue weighted by atomic mass is 10.3. The molecule has 4 nitrogen and oxygen atoms in total. The highest BCUT2D eigenvalue weighted by atomic mass is 19.4. The van der Waals surface area contributed by atoms with Gasteiger partial charge in [0.1, 0.15) is 0 Å². The van der Waals surface area contributed by atoms with E-state index in [1.54, 1.807) is 4.74 Å². The summed E-state index contributed by atoms with van der Waals surface area (Å²) >= 11 is 0. The van der Waals surface area contributed by atoms with Gasteiger partial charge in [-0.05, 0) is 0 Å². The van der Waals surface area contributed by atoms with Crippen LogP contribution in [-0.2, 0) is 14.3 Å². The number of carbonyl (C=O) groups is 1. The minimum absolute atomic E-state index is 1.78. The molecule has 0 radical (unpaired) electrons. The second-order valence-electron chi connectivity index (χ2n) is 3.53. The molecule has 0 aliphatic carbocycles. The number of alkyl halides is 12. The van der Waals surface area contributed by atoms with Gasteiger partial charge in [-0.2, -0.15) is 48.3 Å². The van der Waals surface area contributed by atoms with Crippen LogP contribution in [0.4, 0.5) is 52.7 Å². The summed E-state index contributed by atoms with van der Waals surface area (Å²) in [6, 6.07) is -6.78. The smallest absolute Gasteiger partial charge is 0.475 e. The van der Waals surface area contributed by atoms with Crippen molar-refractivity contribution in [3.63, 3.8) is 0 Å². The van der Waals surface area contributed by atoms with Gasteiger partial charge < -0.3 is 5.11 Å². The maximum atomic E-state index is 13.1. The molecule has 1 N–H and O–H groups in total. The summed E-state index contributed by atoms with van der Waals surface area (Å²) in [5.41, 5.74) is 0. The van der Waals surface area contributed by atoms with E-state index in [1.807, 2.05) is 4.74 Å². The lowest BCUT2D eigenvalue weighted by Gasteiger charge is -2.33. The molecular formula is C7H2F12O4. The number of ether oxygens (including phenoxy) is 2. The lowest BCUT2D eigenvalue weighted by Crippen LogP contribution is -2.58. The molecule has 23 heavy (non-hydrogen) atoms. The van der Waals surface area contributed by atoms with Gasteiger partial charge in [0, 0.05) is 0 Å². The summed E-state index contributed by atoms with van der Waals surface area (Å²) in [7, 11) is 0. The van der Waals surface area contributed by atoms with Crippen molar-refractivity contribution in [1.82, 2.24) is 0 Å². The van der Waals surface area contributed by atoms with E-state index in [1.165, 1.54) is 0 Å². The molecule has 0 aliphatic heterocycles. The summed E-state index contributed by atoms with van der Waals surface area (Å²) in [4.78, 5) is 9.78. The Morgan fingerprint density at radius 3 is 1.48 bits per heavy atom. The summed E-state index contributed by atoms with van der Waals surface area (Å²) in [6.07, 6.45) is -32.1. The van der Waals surface area contributed by atoms with Gasteiger partial charge in [-0.1, -0.05) is 0 Å². The van der Waals surface area contributed by atoms with E-state index >= 15 is 0 Å². The Hall–Kier alpha value is -1.45. The van der Waals surface area contributed by atoms with E-state index in [2.05, 4.69) is 0 Å². The van der Waals surface area contributed by atoms with Crippen LogP contribution in [0.1, 0.15) is 0 Å². The first kappa shape index (κ1) is 21.6. The predicted molar refractivity (Wildman–Crippen MR) is 40.5 cm³/mol. The van der Waals surface area contributed by atoms with Crippen LogP contribution in [-0.4, -0.2) is 47.9 Å². The fourth-order valence-corrected chi connectivity index (χ4v) is 0.762. The highest BCUT2D eigenvalue weighted by Gasteiger charge is 2.72. The van der Waals surface area contributed by atoms with Crippen molar-refractivity contribution in [2.24, 2.45) is 0 Å². The number of aliphatic carboxylic acids is 1. The SMILES string of the molecule is O=C(O)C(F)(F)OC(F)(OC(F)(F)C(F)C(F)(F)F)C(F)(F)F. The molecule has 0 fully saturated rings. The fourth-order valence-electron chi connectivity index (χ4n) is 0.762. The zero-order valence-corrected chi connectivity index (χ0v) is 9.78. The van der Waals surface area contributed by atoms with Gasteiger partial charge in [-0.25, -0.2) is 18.7 Å². The number of rotatable bonds is 6. The van der Waals surface area contributed by atoms with Crippen molar-refractivity contribution < 1.29 is 72.1 Å². The maximum absolute atomic E-state index is 13.1. The number of halogens is 12. The molecule has 0 rings (SSSR count). The van der Waals surface area contributed by atoms with Crippen molar-refractivity contribution in [1.29, 1.82) is 0 Å². The number of carboxylic acids is 1. The average molecular weight is 378 g/mol. The predicted octanol–water partition coefficient (Wildman–Crippen LogP) is 3.38. The van der Waals surface area contributed by atoms with Gasteiger partial charge in [0.05, 0.1) is 0 Å². The fraction of sp³-hybridized carbons (Fsp3) is 0.857. The molecular weight excluding hydrogens is 376 g/mol. The summed E-state index contributed by atoms with van der Waals surface area (Å²) in [5, 5.41) is 7.70. The summed E-state index contributed by atoms with van der Waals surface area (Å²) in [6.45, 7) is 0. The maximum Gasteiger partial charge on any atom is 0.478 e. The van der Waals surface area contributed by atoms with Gasteiger partial charge >= 0.3 is 36.6 Å². The zero-order valence-electron chi connectivity index (χ0n) is 9.78. The Morgan fingerprint density at radius 1 is 0.826 bits per heavy atom. The van der Waals surface area contributed by atoms with Crippen molar-refractivity contribution in [3.05, 3.63) is 0 Å². The largest absolute Gasteiger partial charge is 0.478 e. The average Bonchev–Trinajstić information content (AvgIpc) is 2.23. The molecule has 0 saturated heterocycles. The third-order valence-corrected chi connectivity index (χ3v) is 1.70. The molecule has 0 bridgehead atoms. The van der Waals surface area contributed by atoms with Crippen molar-refractivity contribution in [2.45, 2.75) is 36.8 Å². The van der Waals surface area contributed by atoms with Crippen LogP contribution in [0.2, 0.25) is 0 Å². The highest BCUT2D eigenvalue weighted by molar-refractivity contribution is 5.73. The van der Waals surface area contributed by atoms with Crippen LogP contribution in [0.15, 0.2) is 0 Å². The van der Waals surface area contributed by atoms with Crippen molar-refractivity contribution in [3.8, 4) is 0 Å². The molecule has 0 amide bonds. The topological polar surface area (TPSA) is 55.8 Å². The first-order valence-corrected chi connectivity index (χ1v) is 4.62. The van der Waals surface area contributed by atoms with E-state index in [0.717, 1.165) is 0 Å². The van der Waals surface area contributed by atoms with Gasteiger partial charge in [-0.3, -0.25) is 0 Å². The molecule has 0 aromatic heterocycles. The molecule has 138 valence electrons. The second-order valence-corrected chi connectivity index (χ2v) is 3.53. The Kier molecular flexibility index (Phi) is 5.51. The normalized spacial score (nSPS) is 18.4. The second kappa shape index (κ2) is 5.88. The van der Waals surface area contributed by atoms with E-state index < -0.39 is 42.8 Å². The minimum atomic E-state index is -7.05. The zero-order chi connectivity index (χ0) is 19.1. The molecule has 0 aromatic carbocycles. The number of carboxylic acid groups (broad SMARTS) is 1. The quantitative estimate of drug-likeness (QED) is 0.569. The molecule has 0 aromatic rings. The Morgan fingerprint density at radius 2 is 1.22 bits per heavy atom. The van der Waals surface area contributed by atoms with Crippen LogP contribution in [0.3, 0.4) is 0 Å². The van der Waals surface area contributed by atoms with Gasteiger partial charge in [-0.15, -0.1) is 0 Å². The first-order valence-electron chi connectivity index (χ1n) is 4.62. The van der Waals surface area contributed by atoms with E-state index in [-0.39, 0.29) is 0 Å². The van der Waals surface area contributed by atoms with Crippen molar-refractivity contribution in [2.75, 3.05) is 0 Å². The van der Waals surface area contributed by atoms with Crippen LogP contribution < -0.4 is 0 Å². The van der Waals surface area contributed by atoms with Gasteiger partial charge in [0.25, 0.3) is 6.17 Å². The van der Waals surface area contributed by atoms with Gasteiger partial charge in [0.2, 0.25) is 0 Å². The molecule has 0 saturated carbocycles. The molecule has 2 atom stereocenters. The van der Waals surface area contributed by atoms with Crippen molar-refractivity contribution >= 4 is 5.97 Å². The Bertz CT molecular complexity index is 442. The minimum Gasteiger partial charge on any atom is -0.475 e. The summed E-state index contributed by atoms with van der Waals surface area (Å²) in [5.74, 6) is -3.64. The molecule has 0 aliphatic rings. The third-order valence-electron chi connectivity index (χ3n) is 1.70. The molecule has 16 heteroatoms. The van der Waals surface area contributed by atoms with Crippen LogP contribution in [0, 0.1) is 0 Å². The first-order chi connectivity index (χ1) is 9.76. The molecule has 2 unspecified atom stereocenters. The lowest BCUT2D eigenvalue weighted by molar-refractivity contribution is -0.535. The van der Waals surface area contributed by atoms with Gasteiger partial charge in [0.15, 0.2) is 0 Å². The van der Waals surface area contributed by atoms with Crippen LogP contribution in [0.25, 0.3) is 0 Å². The van der Waals surface area contributed by atoms with E-state index in [4.69, 9.17) is 5.11 Å². The number of hydrogen-bond acceptors (Lipinski definition) is 3. The Labute approximate surface area is 116 Å². The third kappa shape index (κ3) is 5.02. The Balaban J connectivity index is 5.74. The molecule has 0 heterocycles. The monoisotopic (exact) mass is 378 g/mol. The highest BCUT2D eigenvalue weighted by Crippen LogP contribution is 2.46. The molecule has 0 spiro atoms. The standard InChI is InChI=1S/C7H2F12O4/c8-1(3(9,10)11)4(12,13)22-7(19,6(16,17)18)23-5(14,15)2(20)21/h1H,(H,20,21). The van der Waals surface area contributed by atoms with E-state index in [0.29, 0.717) is 0 Å². The van der Waals surface area contributed by atoms with E-state index in [9.17, 15) is 57.5 Å². The number of hydrogen-bond donors (Lipinski definition) is 1. The van der Waals surface area contributed by atoms with Crippen LogP contribution >= 0.6 is 0 Å².